The Morgan fingerprint density at radius 3 is 2.70 bits per heavy atom. The monoisotopic (exact) mass is 278 g/mol. The quantitative estimate of drug-likeness (QED) is 0.795. The molecule has 2 atom stereocenters. The van der Waals surface area contributed by atoms with Crippen LogP contribution in [0.15, 0.2) is 29.4 Å². The van der Waals surface area contributed by atoms with Crippen molar-refractivity contribution in [1.82, 2.24) is 5.32 Å². The topological polar surface area (TPSA) is 59.9 Å². The first-order chi connectivity index (χ1) is 9.58. The zero-order valence-corrected chi connectivity index (χ0v) is 12.2. The van der Waals surface area contributed by atoms with Crippen LogP contribution in [0.3, 0.4) is 0 Å². The van der Waals surface area contributed by atoms with E-state index in [-0.39, 0.29) is 12.1 Å². The molecule has 0 fully saturated rings. The van der Waals surface area contributed by atoms with Gasteiger partial charge in [-0.25, -0.2) is 4.79 Å². The summed E-state index contributed by atoms with van der Waals surface area (Å²) < 4.78 is 4.88. The number of amides is 2. The van der Waals surface area contributed by atoms with Crippen LogP contribution in [0.25, 0.3) is 0 Å². The van der Waals surface area contributed by atoms with E-state index < -0.39 is 4.76 Å². The number of quaternary nitrogens is 1. The maximum Gasteiger partial charge on any atom is 0.476 e. The van der Waals surface area contributed by atoms with Crippen LogP contribution in [0.5, 0.6) is 0 Å². The molecule has 1 N–H and O–H groups in total. The van der Waals surface area contributed by atoms with E-state index in [2.05, 4.69) is 10.4 Å². The number of methoxy groups -OCH3 is 1. The summed E-state index contributed by atoms with van der Waals surface area (Å²) in [4.78, 5) is 17.7. The van der Waals surface area contributed by atoms with Crippen molar-refractivity contribution in [2.75, 3.05) is 21.3 Å². The molecule has 2 rings (SSSR count). The van der Waals surface area contributed by atoms with E-state index in [1.165, 1.54) is 7.11 Å². The second-order valence-corrected chi connectivity index (χ2v) is 4.68. The summed E-state index contributed by atoms with van der Waals surface area (Å²) in [5.74, 6) is 0.399. The lowest BCUT2D eigenvalue weighted by Crippen LogP contribution is -2.57. The summed E-state index contributed by atoms with van der Waals surface area (Å²) in [6.45, 7) is 1.93. The summed E-state index contributed by atoms with van der Waals surface area (Å²) in [5.41, 5.74) is 1.98. The number of hydrogen-bond acceptors (Lipinski definition) is 4. The molecule has 20 heavy (non-hydrogen) atoms. The largest absolute Gasteiger partial charge is 0.477 e. The van der Waals surface area contributed by atoms with Gasteiger partial charge < -0.3 is 10.1 Å². The zero-order valence-electron chi connectivity index (χ0n) is 12.2. The fraction of sp³-hybridized carbons (Fsp3) is 0.429. The minimum atomic E-state index is -0.492. The predicted octanol–water partition coefficient (Wildman–Crippen LogP) is 1.66. The highest BCUT2D eigenvalue weighted by molar-refractivity contribution is 5.95. The van der Waals surface area contributed by atoms with Gasteiger partial charge in [0.25, 0.3) is 5.90 Å². The number of fused-ring (bicyclic) bond motifs is 1. The molecule has 1 aliphatic rings. The molecule has 0 spiro atoms. The molecule has 0 radical (unpaired) electrons. The van der Waals surface area contributed by atoms with Crippen molar-refractivity contribution in [3.05, 3.63) is 35.4 Å². The molecule has 2 unspecified atom stereocenters. The van der Waals surface area contributed by atoms with Crippen LogP contribution in [-0.4, -0.2) is 44.0 Å². The van der Waals surface area contributed by atoms with Gasteiger partial charge in [0.05, 0.1) is 14.2 Å². The Balaban J connectivity index is 2.61. The normalized spacial score (nSPS) is 25.2. The lowest BCUT2D eigenvalue weighted by atomic mass is 10.0. The molecule has 0 aromatic heterocycles. The van der Waals surface area contributed by atoms with Crippen molar-refractivity contribution < 1.29 is 19.1 Å². The smallest absolute Gasteiger partial charge is 0.476 e. The second-order valence-electron chi connectivity index (χ2n) is 4.68. The van der Waals surface area contributed by atoms with E-state index in [0.717, 1.165) is 11.1 Å². The van der Waals surface area contributed by atoms with Gasteiger partial charge in [-0.05, 0) is 18.6 Å². The number of carbonyl (C=O) groups is 1. The number of nitrogens with one attached hydrogen (secondary N) is 1. The van der Waals surface area contributed by atoms with Gasteiger partial charge in [-0.15, -0.1) is 0 Å². The Bertz CT molecular complexity index is 544. The summed E-state index contributed by atoms with van der Waals surface area (Å²) in [6, 6.07) is 7.33. The molecular weight excluding hydrogens is 258 g/mol. The molecule has 108 valence electrons. The predicted molar refractivity (Wildman–Crippen MR) is 74.9 cm³/mol. The third-order valence-corrected chi connectivity index (χ3v) is 3.58. The van der Waals surface area contributed by atoms with Crippen LogP contribution < -0.4 is 5.32 Å². The molecule has 0 saturated heterocycles. The minimum Gasteiger partial charge on any atom is -0.477 e. The van der Waals surface area contributed by atoms with Gasteiger partial charge >= 0.3 is 6.03 Å². The Hall–Kier alpha value is -1.92. The SMILES string of the molecule is CNC(=O)[N+]1(OC)N=C(OC)c2ccccc2CC1C. The van der Waals surface area contributed by atoms with Crippen molar-refractivity contribution in [2.45, 2.75) is 19.4 Å². The van der Waals surface area contributed by atoms with Crippen LogP contribution >= 0.6 is 0 Å². The Labute approximate surface area is 118 Å². The van der Waals surface area contributed by atoms with Gasteiger partial charge in [-0.2, -0.15) is 4.84 Å². The number of rotatable bonds is 1. The number of urea groups is 1. The number of carbonyl (C=O) groups excluding carboxylic acids is 1. The molecule has 1 aliphatic heterocycles. The maximum atomic E-state index is 12.3. The van der Waals surface area contributed by atoms with Gasteiger partial charge in [-0.1, -0.05) is 18.2 Å². The number of ether oxygens (including phenoxy) is 1. The highest BCUT2D eigenvalue weighted by atomic mass is 16.8. The van der Waals surface area contributed by atoms with Crippen LogP contribution in [-0.2, 0) is 16.0 Å². The lowest BCUT2D eigenvalue weighted by Gasteiger charge is -2.28. The highest BCUT2D eigenvalue weighted by Crippen LogP contribution is 2.27. The van der Waals surface area contributed by atoms with Crippen LogP contribution in [0, 0.1) is 0 Å². The number of hydroxylamine groups is 2. The van der Waals surface area contributed by atoms with E-state index >= 15 is 0 Å². The number of benzene rings is 1. The van der Waals surface area contributed by atoms with E-state index in [0.29, 0.717) is 12.3 Å². The molecular formula is C14H20N3O3+. The van der Waals surface area contributed by atoms with E-state index in [4.69, 9.17) is 9.57 Å². The van der Waals surface area contributed by atoms with Crippen LogP contribution in [0.1, 0.15) is 18.1 Å². The van der Waals surface area contributed by atoms with Gasteiger partial charge in [0.2, 0.25) is 0 Å². The molecule has 2 amide bonds. The first-order valence-electron chi connectivity index (χ1n) is 6.48. The Morgan fingerprint density at radius 1 is 1.40 bits per heavy atom. The third-order valence-electron chi connectivity index (χ3n) is 3.58. The summed E-state index contributed by atoms with van der Waals surface area (Å²) in [6.07, 6.45) is 0.661. The van der Waals surface area contributed by atoms with E-state index in [1.54, 1.807) is 14.2 Å². The Kier molecular flexibility index (Phi) is 4.06. The van der Waals surface area contributed by atoms with E-state index in [1.807, 2.05) is 31.2 Å². The highest BCUT2D eigenvalue weighted by Gasteiger charge is 2.48. The van der Waals surface area contributed by atoms with Crippen molar-refractivity contribution in [1.29, 1.82) is 0 Å². The first kappa shape index (κ1) is 14.5. The standard InChI is InChI=1S/C14H19N3O3/c1-10-9-11-7-5-6-8-12(11)13(19-3)16-17(10,20-4)14(18)15-2/h5-8,10H,9H2,1-4H3/p+1. The Morgan fingerprint density at radius 2 is 2.10 bits per heavy atom. The molecule has 1 aromatic carbocycles. The molecule has 6 heteroatoms. The van der Waals surface area contributed by atoms with Crippen molar-refractivity contribution in [3.8, 4) is 0 Å². The number of nitrogens with zero attached hydrogens (tertiary/aromatic N) is 2. The fourth-order valence-corrected chi connectivity index (χ4v) is 2.50. The van der Waals surface area contributed by atoms with Gasteiger partial charge in [0, 0.05) is 28.9 Å². The van der Waals surface area contributed by atoms with Crippen molar-refractivity contribution in [3.63, 3.8) is 0 Å². The van der Waals surface area contributed by atoms with Crippen LogP contribution in [0.4, 0.5) is 4.79 Å². The van der Waals surface area contributed by atoms with E-state index in [9.17, 15) is 4.79 Å². The summed E-state index contributed by atoms with van der Waals surface area (Å²) in [5, 5.41) is 7.04. The van der Waals surface area contributed by atoms with Gasteiger partial charge in [0.1, 0.15) is 0 Å². The maximum absolute atomic E-state index is 12.3. The average molecular weight is 278 g/mol. The second kappa shape index (κ2) is 5.60. The molecule has 1 heterocycles. The fourth-order valence-electron chi connectivity index (χ4n) is 2.50. The molecule has 0 bridgehead atoms. The summed E-state index contributed by atoms with van der Waals surface area (Å²) >= 11 is 0. The van der Waals surface area contributed by atoms with Crippen molar-refractivity contribution in [2.24, 2.45) is 5.10 Å². The third kappa shape index (κ3) is 2.17. The van der Waals surface area contributed by atoms with Crippen LogP contribution in [0.2, 0.25) is 0 Å². The first-order valence-corrected chi connectivity index (χ1v) is 6.48. The lowest BCUT2D eigenvalue weighted by molar-refractivity contribution is -1.06. The average Bonchev–Trinajstić information content (AvgIpc) is 2.61. The van der Waals surface area contributed by atoms with Gasteiger partial charge in [0.15, 0.2) is 6.04 Å². The molecule has 1 aromatic rings. The molecule has 0 saturated carbocycles. The van der Waals surface area contributed by atoms with Crippen molar-refractivity contribution >= 4 is 11.9 Å². The number of hydrogen-bond donors (Lipinski definition) is 1. The van der Waals surface area contributed by atoms with Gasteiger partial charge in [-0.3, -0.25) is 0 Å². The molecule has 0 aliphatic carbocycles. The molecule has 6 nitrogen and oxygen atoms in total. The summed E-state index contributed by atoms with van der Waals surface area (Å²) in [7, 11) is 4.58. The zero-order chi connectivity index (χ0) is 14.8. The minimum absolute atomic E-state index is 0.172.